The van der Waals surface area contributed by atoms with E-state index in [1.165, 1.54) is 15.6 Å². The van der Waals surface area contributed by atoms with Gasteiger partial charge in [0, 0.05) is 24.0 Å². The number of halogens is 2. The average Bonchev–Trinajstić information content (AvgIpc) is 3.36. The number of aromatic hydroxyl groups is 1. The number of amides is 1. The summed E-state index contributed by atoms with van der Waals surface area (Å²) in [5, 5.41) is 25.8. The standard InChI is InChI=1S/C17H17F2N9O2/c1-7-5-9-10(6-21-7)28(26-12(9)15(20)30)17-22-16(23-24-17)13-14(29)8(2)25-27(13)4-3-11(18)19/h5-6,11,29H,3-4H2,1-2H3,(H2,20,30)(H,22,23,24). The molecule has 4 N–H and O–H groups in total. The molecule has 4 rings (SSSR count). The van der Waals surface area contributed by atoms with Crippen LogP contribution in [-0.4, -0.2) is 57.2 Å². The average molecular weight is 417 g/mol. The number of nitrogens with zero attached hydrogens (tertiary/aromatic N) is 7. The monoisotopic (exact) mass is 417 g/mol. The molecule has 0 bridgehead atoms. The van der Waals surface area contributed by atoms with E-state index in [1.54, 1.807) is 19.9 Å². The summed E-state index contributed by atoms with van der Waals surface area (Å²) in [7, 11) is 0. The highest BCUT2D eigenvalue weighted by atomic mass is 19.3. The van der Waals surface area contributed by atoms with E-state index in [0.717, 1.165) is 0 Å². The Hall–Kier alpha value is -3.90. The van der Waals surface area contributed by atoms with Crippen LogP contribution in [-0.2, 0) is 6.54 Å². The number of rotatable bonds is 6. The van der Waals surface area contributed by atoms with E-state index in [-0.39, 0.29) is 41.1 Å². The van der Waals surface area contributed by atoms with Crippen LogP contribution in [0.2, 0.25) is 0 Å². The second-order valence-electron chi connectivity index (χ2n) is 6.64. The number of aryl methyl sites for hydroxylation is 3. The molecule has 0 aromatic carbocycles. The molecule has 30 heavy (non-hydrogen) atoms. The molecule has 0 aliphatic carbocycles. The Kier molecular flexibility index (Phi) is 4.64. The van der Waals surface area contributed by atoms with Crippen molar-refractivity contribution in [3.63, 3.8) is 0 Å². The molecule has 13 heteroatoms. The first kappa shape index (κ1) is 19.4. The van der Waals surface area contributed by atoms with Crippen LogP contribution in [0.5, 0.6) is 5.75 Å². The number of nitrogens with one attached hydrogen (secondary N) is 1. The second-order valence-corrected chi connectivity index (χ2v) is 6.64. The fourth-order valence-electron chi connectivity index (χ4n) is 3.09. The summed E-state index contributed by atoms with van der Waals surface area (Å²) in [4.78, 5) is 20.3. The number of pyridine rings is 1. The number of fused-ring (bicyclic) bond motifs is 1. The number of primary amides is 1. The van der Waals surface area contributed by atoms with Gasteiger partial charge in [0.25, 0.3) is 5.91 Å². The van der Waals surface area contributed by atoms with Gasteiger partial charge in [0.15, 0.2) is 11.4 Å². The van der Waals surface area contributed by atoms with E-state index in [2.05, 4.69) is 30.4 Å². The van der Waals surface area contributed by atoms with Crippen LogP contribution in [0.4, 0.5) is 8.78 Å². The number of hydrogen-bond acceptors (Lipinski definition) is 7. The summed E-state index contributed by atoms with van der Waals surface area (Å²) in [5.74, 6) is -0.786. The van der Waals surface area contributed by atoms with Crippen molar-refractivity contribution in [2.45, 2.75) is 33.2 Å². The lowest BCUT2D eigenvalue weighted by Gasteiger charge is -2.04. The minimum atomic E-state index is -2.52. The molecule has 4 heterocycles. The van der Waals surface area contributed by atoms with Crippen molar-refractivity contribution in [1.82, 2.24) is 39.7 Å². The van der Waals surface area contributed by atoms with Crippen molar-refractivity contribution in [1.29, 1.82) is 0 Å². The molecule has 0 spiro atoms. The Bertz CT molecular complexity index is 1260. The first-order valence-corrected chi connectivity index (χ1v) is 8.89. The minimum absolute atomic E-state index is 0.0294. The normalized spacial score (nSPS) is 11.6. The Balaban J connectivity index is 1.81. The number of nitrogens with two attached hydrogens (primary N) is 1. The quantitative estimate of drug-likeness (QED) is 0.429. The third-order valence-corrected chi connectivity index (χ3v) is 4.48. The number of aromatic amines is 1. The maximum Gasteiger partial charge on any atom is 0.269 e. The maximum absolute atomic E-state index is 12.6. The largest absolute Gasteiger partial charge is 0.504 e. The van der Waals surface area contributed by atoms with Gasteiger partial charge in [0.05, 0.1) is 11.7 Å². The predicted molar refractivity (Wildman–Crippen MR) is 100 cm³/mol. The van der Waals surface area contributed by atoms with E-state index in [1.807, 2.05) is 0 Å². The number of alkyl halides is 2. The smallest absolute Gasteiger partial charge is 0.269 e. The molecule has 0 fully saturated rings. The molecule has 1 amide bonds. The topological polar surface area (TPSA) is 153 Å². The lowest BCUT2D eigenvalue weighted by molar-refractivity contribution is 0.0996. The van der Waals surface area contributed by atoms with Gasteiger partial charge in [-0.15, -0.1) is 0 Å². The van der Waals surface area contributed by atoms with Crippen LogP contribution in [0.3, 0.4) is 0 Å². The van der Waals surface area contributed by atoms with Crippen LogP contribution >= 0.6 is 0 Å². The molecule has 0 saturated carbocycles. The highest BCUT2D eigenvalue weighted by molar-refractivity contribution is 6.04. The summed E-state index contributed by atoms with van der Waals surface area (Å²) >= 11 is 0. The van der Waals surface area contributed by atoms with Crippen LogP contribution in [0, 0.1) is 13.8 Å². The molecule has 156 valence electrons. The van der Waals surface area contributed by atoms with Crippen molar-refractivity contribution in [2.24, 2.45) is 5.73 Å². The molecule has 4 aromatic heterocycles. The zero-order valence-electron chi connectivity index (χ0n) is 16.0. The molecule has 0 unspecified atom stereocenters. The fraction of sp³-hybridized carbons (Fsp3) is 0.294. The second kappa shape index (κ2) is 7.17. The van der Waals surface area contributed by atoms with Gasteiger partial charge in [0.2, 0.25) is 18.2 Å². The van der Waals surface area contributed by atoms with Crippen LogP contribution in [0.15, 0.2) is 12.3 Å². The van der Waals surface area contributed by atoms with Gasteiger partial charge >= 0.3 is 0 Å². The van der Waals surface area contributed by atoms with Crippen molar-refractivity contribution in [3.05, 3.63) is 29.3 Å². The molecule has 0 saturated heterocycles. The predicted octanol–water partition coefficient (Wildman–Crippen LogP) is 1.48. The SMILES string of the molecule is Cc1cc2c(C(N)=O)nn(-c3nc(-c4c(O)c(C)nn4CCC(F)F)n[nH]3)c2cn1. The van der Waals surface area contributed by atoms with Gasteiger partial charge in [-0.25, -0.2) is 13.9 Å². The Morgan fingerprint density at radius 3 is 2.80 bits per heavy atom. The van der Waals surface area contributed by atoms with E-state index in [4.69, 9.17) is 5.73 Å². The van der Waals surface area contributed by atoms with Crippen LogP contribution < -0.4 is 5.73 Å². The summed E-state index contributed by atoms with van der Waals surface area (Å²) in [5.41, 5.74) is 6.95. The minimum Gasteiger partial charge on any atom is -0.504 e. The number of hydrogen-bond donors (Lipinski definition) is 3. The van der Waals surface area contributed by atoms with Crippen molar-refractivity contribution < 1.29 is 18.7 Å². The molecule has 11 nitrogen and oxygen atoms in total. The van der Waals surface area contributed by atoms with Crippen molar-refractivity contribution in [2.75, 3.05) is 0 Å². The van der Waals surface area contributed by atoms with E-state index in [0.29, 0.717) is 16.6 Å². The molecule has 0 aliphatic rings. The van der Waals surface area contributed by atoms with Gasteiger partial charge in [-0.1, -0.05) is 0 Å². The third-order valence-electron chi connectivity index (χ3n) is 4.48. The summed E-state index contributed by atoms with van der Waals surface area (Å²) < 4.78 is 27.8. The molecule has 4 aromatic rings. The zero-order chi connectivity index (χ0) is 21.6. The van der Waals surface area contributed by atoms with Gasteiger partial charge < -0.3 is 10.8 Å². The Morgan fingerprint density at radius 1 is 1.33 bits per heavy atom. The van der Waals surface area contributed by atoms with Gasteiger partial charge in [0.1, 0.15) is 11.4 Å². The van der Waals surface area contributed by atoms with E-state index < -0.39 is 18.8 Å². The van der Waals surface area contributed by atoms with Crippen LogP contribution in [0.1, 0.15) is 28.3 Å². The number of H-pyrrole nitrogens is 1. The van der Waals surface area contributed by atoms with Crippen molar-refractivity contribution >= 4 is 16.8 Å². The van der Waals surface area contributed by atoms with Gasteiger partial charge in [-0.05, 0) is 19.9 Å². The first-order chi connectivity index (χ1) is 14.3. The van der Waals surface area contributed by atoms with Gasteiger partial charge in [-0.2, -0.15) is 25.0 Å². The first-order valence-electron chi connectivity index (χ1n) is 8.89. The van der Waals surface area contributed by atoms with Crippen molar-refractivity contribution in [3.8, 4) is 23.2 Å². The fourth-order valence-corrected chi connectivity index (χ4v) is 3.09. The third kappa shape index (κ3) is 3.23. The lowest BCUT2D eigenvalue weighted by atomic mass is 10.2. The molecular weight excluding hydrogens is 400 g/mol. The highest BCUT2D eigenvalue weighted by Crippen LogP contribution is 2.31. The molecule has 0 atom stereocenters. The number of carbonyl (C=O) groups excluding carboxylic acids is 1. The lowest BCUT2D eigenvalue weighted by Crippen LogP contribution is -2.12. The maximum atomic E-state index is 12.6. The Labute approximate surface area is 167 Å². The highest BCUT2D eigenvalue weighted by Gasteiger charge is 2.23. The Morgan fingerprint density at radius 2 is 2.10 bits per heavy atom. The summed E-state index contributed by atoms with van der Waals surface area (Å²) in [6.45, 7) is 3.18. The van der Waals surface area contributed by atoms with Crippen LogP contribution in [0.25, 0.3) is 28.4 Å². The molecule has 0 aliphatic heterocycles. The molecule has 0 radical (unpaired) electrons. The summed E-state index contributed by atoms with van der Waals surface area (Å²) in [6.07, 6.45) is -1.45. The molecular formula is C17H17F2N9O2. The van der Waals surface area contributed by atoms with E-state index in [9.17, 15) is 18.7 Å². The van der Waals surface area contributed by atoms with E-state index >= 15 is 0 Å². The number of carbonyl (C=O) groups is 1. The zero-order valence-corrected chi connectivity index (χ0v) is 16.0. The summed E-state index contributed by atoms with van der Waals surface area (Å²) in [6, 6.07) is 1.67. The van der Waals surface area contributed by atoms with Gasteiger partial charge in [-0.3, -0.25) is 14.5 Å². The number of aromatic nitrogens is 8.